The number of rotatable bonds is 6. The van der Waals surface area contributed by atoms with E-state index in [0.29, 0.717) is 22.0 Å². The molecule has 1 atom stereocenters. The number of nitrogens with one attached hydrogen (secondary N) is 1. The van der Waals surface area contributed by atoms with Gasteiger partial charge in [-0.1, -0.05) is 12.1 Å². The predicted octanol–water partition coefficient (Wildman–Crippen LogP) is 3.93. The molecule has 0 radical (unpaired) electrons. The molecule has 3 rings (SSSR count). The van der Waals surface area contributed by atoms with Crippen LogP contribution >= 0.6 is 11.3 Å². The number of aromatic nitrogens is 1. The Balaban J connectivity index is 1.57. The van der Waals surface area contributed by atoms with Crippen LogP contribution in [0.25, 0.3) is 10.6 Å². The smallest absolute Gasteiger partial charge is 0.312 e. The SMILES string of the molecule is C[C@H](OC(=O)Cc1csc(-c2ccc(F)cc2)n1)C(=O)Nc1ccccc1C#N. The van der Waals surface area contributed by atoms with Crippen molar-refractivity contribution < 1.29 is 18.7 Å². The summed E-state index contributed by atoms with van der Waals surface area (Å²) in [6, 6.07) is 14.4. The minimum atomic E-state index is -1.04. The number of carbonyl (C=O) groups excluding carboxylic acids is 2. The van der Waals surface area contributed by atoms with E-state index in [1.165, 1.54) is 30.4 Å². The van der Waals surface area contributed by atoms with Crippen LogP contribution in [0.5, 0.6) is 0 Å². The van der Waals surface area contributed by atoms with Gasteiger partial charge in [-0.15, -0.1) is 11.3 Å². The summed E-state index contributed by atoms with van der Waals surface area (Å²) in [6.07, 6.45) is -1.13. The lowest BCUT2D eigenvalue weighted by atomic mass is 10.2. The van der Waals surface area contributed by atoms with Gasteiger partial charge >= 0.3 is 5.97 Å². The van der Waals surface area contributed by atoms with Crippen LogP contribution in [0.4, 0.5) is 10.1 Å². The second-order valence-corrected chi connectivity index (χ2v) is 6.96. The van der Waals surface area contributed by atoms with Gasteiger partial charge in [0.15, 0.2) is 6.10 Å². The fourth-order valence-electron chi connectivity index (χ4n) is 2.48. The number of thiazole rings is 1. The van der Waals surface area contributed by atoms with E-state index in [4.69, 9.17) is 10.00 Å². The van der Waals surface area contributed by atoms with Gasteiger partial charge in [-0.25, -0.2) is 9.37 Å². The fourth-order valence-corrected chi connectivity index (χ4v) is 3.30. The monoisotopic (exact) mass is 409 g/mol. The van der Waals surface area contributed by atoms with Crippen molar-refractivity contribution in [2.45, 2.75) is 19.4 Å². The zero-order chi connectivity index (χ0) is 20.8. The molecule has 0 aliphatic carbocycles. The van der Waals surface area contributed by atoms with Gasteiger partial charge in [0.05, 0.1) is 23.4 Å². The third-order valence-corrected chi connectivity index (χ3v) is 4.89. The van der Waals surface area contributed by atoms with Crippen LogP contribution in [0.3, 0.4) is 0 Å². The normalized spacial score (nSPS) is 11.3. The Bertz CT molecular complexity index is 1070. The highest BCUT2D eigenvalue weighted by Crippen LogP contribution is 2.24. The van der Waals surface area contributed by atoms with Crippen LogP contribution in [-0.2, 0) is 20.7 Å². The van der Waals surface area contributed by atoms with Crippen LogP contribution in [0.2, 0.25) is 0 Å². The molecule has 0 saturated carbocycles. The molecular formula is C21H16FN3O3S. The molecule has 0 fully saturated rings. The first-order valence-electron chi connectivity index (χ1n) is 8.66. The molecule has 1 aromatic heterocycles. The first-order chi connectivity index (χ1) is 14.0. The van der Waals surface area contributed by atoms with E-state index < -0.39 is 18.0 Å². The van der Waals surface area contributed by atoms with Gasteiger partial charge < -0.3 is 10.1 Å². The Labute approximate surface area is 170 Å². The summed E-state index contributed by atoms with van der Waals surface area (Å²) in [4.78, 5) is 28.7. The van der Waals surface area contributed by atoms with Crippen molar-refractivity contribution >= 4 is 28.9 Å². The van der Waals surface area contributed by atoms with E-state index in [1.807, 2.05) is 6.07 Å². The number of hydrogen-bond donors (Lipinski definition) is 1. The largest absolute Gasteiger partial charge is 0.452 e. The molecule has 146 valence electrons. The molecule has 0 spiro atoms. The Morgan fingerprint density at radius 1 is 1.24 bits per heavy atom. The standard InChI is InChI=1S/C21H16FN3O3S/c1-13(20(27)25-18-5-3-2-4-15(18)11-23)28-19(26)10-17-12-29-21(24-17)14-6-8-16(22)9-7-14/h2-9,12-13H,10H2,1H3,(H,25,27)/t13-/m0/s1. The summed E-state index contributed by atoms with van der Waals surface area (Å²) in [7, 11) is 0. The molecule has 1 N–H and O–H groups in total. The van der Waals surface area contributed by atoms with Gasteiger partial charge in [-0.2, -0.15) is 5.26 Å². The van der Waals surface area contributed by atoms with E-state index in [9.17, 15) is 14.0 Å². The molecule has 29 heavy (non-hydrogen) atoms. The molecule has 1 amide bonds. The average Bonchev–Trinajstić information content (AvgIpc) is 3.17. The molecule has 3 aromatic rings. The third kappa shape index (κ3) is 5.24. The summed E-state index contributed by atoms with van der Waals surface area (Å²) in [5.74, 6) is -1.47. The number of carbonyl (C=O) groups is 2. The fraction of sp³-hybridized carbons (Fsp3) is 0.143. The van der Waals surface area contributed by atoms with Crippen molar-refractivity contribution in [2.75, 3.05) is 5.32 Å². The van der Waals surface area contributed by atoms with Gasteiger partial charge in [-0.3, -0.25) is 9.59 Å². The number of nitrogens with zero attached hydrogens (tertiary/aromatic N) is 2. The number of nitriles is 1. The van der Waals surface area contributed by atoms with Crippen molar-refractivity contribution in [3.63, 3.8) is 0 Å². The average molecular weight is 409 g/mol. The molecule has 0 aliphatic rings. The quantitative estimate of drug-likeness (QED) is 0.623. The molecule has 0 unspecified atom stereocenters. The molecule has 2 aromatic carbocycles. The van der Waals surface area contributed by atoms with Crippen molar-refractivity contribution in [2.24, 2.45) is 0 Å². The summed E-state index contributed by atoms with van der Waals surface area (Å²) in [5, 5.41) is 14.0. The summed E-state index contributed by atoms with van der Waals surface area (Å²) >= 11 is 1.33. The van der Waals surface area contributed by atoms with E-state index >= 15 is 0 Å². The number of hydrogen-bond acceptors (Lipinski definition) is 6. The van der Waals surface area contributed by atoms with Crippen molar-refractivity contribution in [1.82, 2.24) is 4.98 Å². The minimum absolute atomic E-state index is 0.0932. The highest BCUT2D eigenvalue weighted by atomic mass is 32.1. The number of halogens is 1. The maximum absolute atomic E-state index is 13.0. The van der Waals surface area contributed by atoms with E-state index in [-0.39, 0.29) is 12.2 Å². The van der Waals surface area contributed by atoms with Crippen molar-refractivity contribution in [3.05, 3.63) is 71.0 Å². The van der Waals surface area contributed by atoms with Gasteiger partial charge in [0, 0.05) is 10.9 Å². The maximum Gasteiger partial charge on any atom is 0.312 e. The van der Waals surface area contributed by atoms with Gasteiger partial charge in [0.2, 0.25) is 0 Å². The highest BCUT2D eigenvalue weighted by molar-refractivity contribution is 7.13. The number of benzene rings is 2. The minimum Gasteiger partial charge on any atom is -0.452 e. The Kier molecular flexibility index (Phi) is 6.32. The second-order valence-electron chi connectivity index (χ2n) is 6.11. The lowest BCUT2D eigenvalue weighted by molar-refractivity contribution is -0.152. The molecule has 0 saturated heterocycles. The summed E-state index contributed by atoms with van der Waals surface area (Å²) in [6.45, 7) is 1.45. The van der Waals surface area contributed by atoms with Crippen LogP contribution < -0.4 is 5.32 Å². The molecule has 1 heterocycles. The Morgan fingerprint density at radius 2 is 1.97 bits per heavy atom. The highest BCUT2D eigenvalue weighted by Gasteiger charge is 2.20. The molecule has 0 bridgehead atoms. The van der Waals surface area contributed by atoms with Crippen LogP contribution in [-0.4, -0.2) is 23.0 Å². The number of anilines is 1. The Morgan fingerprint density at radius 3 is 2.69 bits per heavy atom. The van der Waals surface area contributed by atoms with Crippen LogP contribution in [0.15, 0.2) is 53.9 Å². The van der Waals surface area contributed by atoms with E-state index in [2.05, 4.69) is 10.3 Å². The third-order valence-electron chi connectivity index (χ3n) is 3.95. The molecule has 6 nitrogen and oxygen atoms in total. The van der Waals surface area contributed by atoms with Gasteiger partial charge in [0.25, 0.3) is 5.91 Å². The van der Waals surface area contributed by atoms with E-state index in [0.717, 1.165) is 5.56 Å². The first-order valence-corrected chi connectivity index (χ1v) is 9.54. The molecular weight excluding hydrogens is 393 g/mol. The van der Waals surface area contributed by atoms with E-state index in [1.54, 1.807) is 41.8 Å². The van der Waals surface area contributed by atoms with Crippen LogP contribution in [0, 0.1) is 17.1 Å². The maximum atomic E-state index is 13.0. The Hall–Kier alpha value is -3.57. The number of esters is 1. The van der Waals surface area contributed by atoms with Crippen LogP contribution in [0.1, 0.15) is 18.2 Å². The van der Waals surface area contributed by atoms with Crippen molar-refractivity contribution in [1.29, 1.82) is 5.26 Å². The predicted molar refractivity (Wildman–Crippen MR) is 107 cm³/mol. The van der Waals surface area contributed by atoms with Crippen molar-refractivity contribution in [3.8, 4) is 16.6 Å². The lowest BCUT2D eigenvalue weighted by Gasteiger charge is -2.13. The summed E-state index contributed by atoms with van der Waals surface area (Å²) < 4.78 is 18.2. The number of amides is 1. The zero-order valence-corrected chi connectivity index (χ0v) is 16.2. The zero-order valence-electron chi connectivity index (χ0n) is 15.4. The first kappa shape index (κ1) is 20.2. The molecule has 0 aliphatic heterocycles. The summed E-state index contributed by atoms with van der Waals surface area (Å²) in [5.41, 5.74) is 1.92. The van der Waals surface area contributed by atoms with Gasteiger partial charge in [-0.05, 0) is 43.3 Å². The number of ether oxygens (including phenoxy) is 1. The molecule has 8 heteroatoms. The second kappa shape index (κ2) is 9.08. The van der Waals surface area contributed by atoms with Gasteiger partial charge in [0.1, 0.15) is 16.9 Å². The topological polar surface area (TPSA) is 92.1 Å². The number of para-hydroxylation sites is 1. The lowest BCUT2D eigenvalue weighted by Crippen LogP contribution is -2.30.